The largest absolute Gasteiger partial charge is 0.490 e. The molecular formula is C25H23NO5. The van der Waals surface area contributed by atoms with Crippen LogP contribution in [0.1, 0.15) is 40.6 Å². The number of benzene rings is 2. The maximum absolute atomic E-state index is 13.4. The summed E-state index contributed by atoms with van der Waals surface area (Å²) in [6.45, 7) is 5.17. The van der Waals surface area contributed by atoms with Gasteiger partial charge in [-0.3, -0.25) is 9.59 Å². The summed E-state index contributed by atoms with van der Waals surface area (Å²) in [6.07, 6.45) is 3.51. The van der Waals surface area contributed by atoms with Crippen LogP contribution in [-0.2, 0) is 4.74 Å². The lowest BCUT2D eigenvalue weighted by atomic mass is 9.98. The third-order valence-electron chi connectivity index (χ3n) is 5.86. The molecule has 2 aliphatic heterocycles. The summed E-state index contributed by atoms with van der Waals surface area (Å²) in [5.74, 6) is 0.549. The summed E-state index contributed by atoms with van der Waals surface area (Å²) >= 11 is 0. The standard InChI is InChI=1S/C25H23NO5/c1-2-13-29-17-11-9-16(10-12-17)22-21-23(27)19-7-3-4-8-20(19)31-24(21)25(28)26(22)15-18-6-5-14-30-18/h2-4,7-12,18,22H,1,5-6,13-15H2. The molecule has 3 aromatic rings. The smallest absolute Gasteiger partial charge is 0.291 e. The minimum atomic E-state index is -0.527. The van der Waals surface area contributed by atoms with Gasteiger partial charge in [0.1, 0.15) is 17.9 Å². The van der Waals surface area contributed by atoms with Crippen molar-refractivity contribution >= 4 is 16.9 Å². The van der Waals surface area contributed by atoms with Gasteiger partial charge >= 0.3 is 0 Å². The third kappa shape index (κ3) is 3.43. The highest BCUT2D eigenvalue weighted by atomic mass is 16.5. The van der Waals surface area contributed by atoms with E-state index < -0.39 is 6.04 Å². The number of rotatable bonds is 6. The van der Waals surface area contributed by atoms with Gasteiger partial charge in [0.25, 0.3) is 5.91 Å². The molecule has 2 atom stereocenters. The van der Waals surface area contributed by atoms with Gasteiger partial charge in [-0.2, -0.15) is 0 Å². The van der Waals surface area contributed by atoms with Gasteiger partial charge in [0.05, 0.1) is 23.1 Å². The molecule has 3 heterocycles. The number of nitrogens with zero attached hydrogens (tertiary/aromatic N) is 1. The lowest BCUT2D eigenvalue weighted by Crippen LogP contribution is -2.36. The van der Waals surface area contributed by atoms with E-state index in [1.54, 1.807) is 35.2 Å². The van der Waals surface area contributed by atoms with Crippen molar-refractivity contribution in [1.29, 1.82) is 0 Å². The predicted octanol–water partition coefficient (Wildman–Crippen LogP) is 4.08. The van der Waals surface area contributed by atoms with Crippen molar-refractivity contribution in [3.05, 3.63) is 88.3 Å². The number of hydrogen-bond acceptors (Lipinski definition) is 5. The van der Waals surface area contributed by atoms with Gasteiger partial charge in [-0.05, 0) is 42.7 Å². The first kappa shape index (κ1) is 19.6. The van der Waals surface area contributed by atoms with E-state index in [0.29, 0.717) is 42.0 Å². The second-order valence-corrected chi connectivity index (χ2v) is 7.83. The maximum atomic E-state index is 13.4. The molecule has 0 bridgehead atoms. The Labute approximate surface area is 179 Å². The van der Waals surface area contributed by atoms with E-state index >= 15 is 0 Å². The van der Waals surface area contributed by atoms with E-state index in [1.807, 2.05) is 24.3 Å². The fourth-order valence-electron chi connectivity index (χ4n) is 4.41. The summed E-state index contributed by atoms with van der Waals surface area (Å²) in [7, 11) is 0. The molecule has 0 aliphatic carbocycles. The van der Waals surface area contributed by atoms with Crippen LogP contribution in [0.15, 0.2) is 70.4 Å². The molecule has 2 aliphatic rings. The van der Waals surface area contributed by atoms with Crippen molar-refractivity contribution in [2.75, 3.05) is 19.8 Å². The van der Waals surface area contributed by atoms with Crippen molar-refractivity contribution in [3.63, 3.8) is 0 Å². The molecule has 2 aromatic carbocycles. The van der Waals surface area contributed by atoms with Crippen molar-refractivity contribution in [1.82, 2.24) is 4.90 Å². The zero-order valence-electron chi connectivity index (χ0n) is 17.1. The highest BCUT2D eigenvalue weighted by molar-refractivity contribution is 5.99. The fourth-order valence-corrected chi connectivity index (χ4v) is 4.41. The van der Waals surface area contributed by atoms with E-state index in [2.05, 4.69) is 6.58 Å². The van der Waals surface area contributed by atoms with Gasteiger partial charge in [-0.15, -0.1) is 0 Å². The van der Waals surface area contributed by atoms with Gasteiger partial charge in [-0.25, -0.2) is 0 Å². The Kier molecular flexibility index (Phi) is 5.08. The molecular weight excluding hydrogens is 394 g/mol. The second kappa shape index (κ2) is 8.04. The van der Waals surface area contributed by atoms with Gasteiger partial charge < -0.3 is 18.8 Å². The van der Waals surface area contributed by atoms with E-state index in [1.165, 1.54) is 0 Å². The zero-order valence-corrected chi connectivity index (χ0v) is 17.1. The van der Waals surface area contributed by atoms with Crippen molar-refractivity contribution in [2.45, 2.75) is 25.0 Å². The average molecular weight is 417 g/mol. The lowest BCUT2D eigenvalue weighted by molar-refractivity contribution is 0.0486. The van der Waals surface area contributed by atoms with Crippen LogP contribution in [0, 0.1) is 0 Å². The molecule has 6 nitrogen and oxygen atoms in total. The van der Waals surface area contributed by atoms with Gasteiger partial charge in [0.2, 0.25) is 5.76 Å². The number of carbonyl (C=O) groups excluding carboxylic acids is 1. The minimum absolute atomic E-state index is 0.0412. The van der Waals surface area contributed by atoms with Crippen LogP contribution in [0.3, 0.4) is 0 Å². The van der Waals surface area contributed by atoms with Crippen molar-refractivity contribution < 1.29 is 18.7 Å². The van der Waals surface area contributed by atoms with Crippen LogP contribution in [0.25, 0.3) is 11.0 Å². The highest BCUT2D eigenvalue weighted by Gasteiger charge is 2.43. The van der Waals surface area contributed by atoms with Crippen molar-refractivity contribution in [2.24, 2.45) is 0 Å². The van der Waals surface area contributed by atoms with Crippen molar-refractivity contribution in [3.8, 4) is 5.75 Å². The molecule has 158 valence electrons. The number of carbonyl (C=O) groups is 1. The van der Waals surface area contributed by atoms with Crippen LogP contribution in [0.5, 0.6) is 5.75 Å². The molecule has 5 rings (SSSR count). The second-order valence-electron chi connectivity index (χ2n) is 7.83. The number of amides is 1. The quantitative estimate of drug-likeness (QED) is 0.565. The Balaban J connectivity index is 1.62. The van der Waals surface area contributed by atoms with E-state index in [-0.39, 0.29) is 23.2 Å². The van der Waals surface area contributed by atoms with Gasteiger partial charge in [-0.1, -0.05) is 36.9 Å². The molecule has 0 radical (unpaired) electrons. The topological polar surface area (TPSA) is 69.0 Å². The predicted molar refractivity (Wildman–Crippen MR) is 116 cm³/mol. The molecule has 0 saturated carbocycles. The van der Waals surface area contributed by atoms with E-state index in [4.69, 9.17) is 13.9 Å². The molecule has 1 fully saturated rings. The molecule has 0 N–H and O–H groups in total. The van der Waals surface area contributed by atoms with E-state index in [0.717, 1.165) is 18.4 Å². The number of para-hydroxylation sites is 1. The van der Waals surface area contributed by atoms with Crippen LogP contribution >= 0.6 is 0 Å². The summed E-state index contributed by atoms with van der Waals surface area (Å²) in [4.78, 5) is 28.5. The van der Waals surface area contributed by atoms with Crippen LogP contribution in [0.2, 0.25) is 0 Å². The third-order valence-corrected chi connectivity index (χ3v) is 5.86. The average Bonchev–Trinajstić information content (AvgIpc) is 3.41. The molecule has 1 aromatic heterocycles. The first-order valence-corrected chi connectivity index (χ1v) is 10.5. The van der Waals surface area contributed by atoms with E-state index in [9.17, 15) is 9.59 Å². The summed E-state index contributed by atoms with van der Waals surface area (Å²) < 4.78 is 17.3. The molecule has 31 heavy (non-hydrogen) atoms. The van der Waals surface area contributed by atoms with Gasteiger partial charge in [0, 0.05) is 13.2 Å². The zero-order chi connectivity index (χ0) is 21.4. The molecule has 1 saturated heterocycles. The maximum Gasteiger partial charge on any atom is 0.291 e. The number of ether oxygens (including phenoxy) is 2. The molecule has 6 heteroatoms. The highest BCUT2D eigenvalue weighted by Crippen LogP contribution is 2.39. The minimum Gasteiger partial charge on any atom is -0.490 e. The Bertz CT molecular complexity index is 1190. The SMILES string of the molecule is C=CCOc1ccc(C2c3c(oc4ccccc4c3=O)C(=O)N2CC2CCCO2)cc1. The van der Waals surface area contributed by atoms with Gasteiger partial charge in [0.15, 0.2) is 5.43 Å². The molecule has 2 unspecified atom stereocenters. The Hall–Kier alpha value is -3.38. The van der Waals surface area contributed by atoms with Crippen LogP contribution in [-0.4, -0.2) is 36.7 Å². The first-order valence-electron chi connectivity index (χ1n) is 10.5. The Morgan fingerprint density at radius 1 is 1.13 bits per heavy atom. The summed E-state index contributed by atoms with van der Waals surface area (Å²) in [5, 5.41) is 0.476. The van der Waals surface area contributed by atoms with Crippen LogP contribution < -0.4 is 10.2 Å². The lowest BCUT2D eigenvalue weighted by Gasteiger charge is -2.27. The molecule has 1 amide bonds. The molecule has 0 spiro atoms. The summed E-state index contributed by atoms with van der Waals surface area (Å²) in [5.41, 5.74) is 1.47. The fraction of sp³-hybridized carbons (Fsp3) is 0.280. The summed E-state index contributed by atoms with van der Waals surface area (Å²) in [6, 6.07) is 14.0. The number of fused-ring (bicyclic) bond motifs is 2. The Morgan fingerprint density at radius 2 is 1.94 bits per heavy atom. The number of hydrogen-bond donors (Lipinski definition) is 0. The monoisotopic (exact) mass is 417 g/mol. The van der Waals surface area contributed by atoms with Crippen LogP contribution in [0.4, 0.5) is 0 Å². The first-order chi connectivity index (χ1) is 15.2. The normalized spacial score (nSPS) is 20.3. The Morgan fingerprint density at radius 3 is 2.68 bits per heavy atom.